The summed E-state index contributed by atoms with van der Waals surface area (Å²) < 4.78 is 0. The van der Waals surface area contributed by atoms with Crippen LogP contribution in [-0.2, 0) is 0 Å². The normalized spacial score (nSPS) is 10.3. The standard InChI is InChI=1S/C16H13N3/c17-16-12(14-8-1-3-10-18-14)6-5-7-13(16)15-9-2-4-11-19-15/h1-11H,17H2. The van der Waals surface area contributed by atoms with Crippen LogP contribution in [0.15, 0.2) is 67.0 Å². The quantitative estimate of drug-likeness (QED) is 0.706. The van der Waals surface area contributed by atoms with Gasteiger partial charge in [0.05, 0.1) is 17.1 Å². The minimum absolute atomic E-state index is 0.708. The highest BCUT2D eigenvalue weighted by Gasteiger charge is 2.09. The zero-order valence-electron chi connectivity index (χ0n) is 10.3. The second-order valence-corrected chi connectivity index (χ2v) is 4.20. The van der Waals surface area contributed by atoms with E-state index in [1.807, 2.05) is 54.6 Å². The van der Waals surface area contributed by atoms with E-state index in [0.717, 1.165) is 22.5 Å². The van der Waals surface area contributed by atoms with Crippen LogP contribution in [0.25, 0.3) is 22.5 Å². The maximum absolute atomic E-state index is 6.27. The van der Waals surface area contributed by atoms with Crippen LogP contribution in [0, 0.1) is 0 Å². The molecule has 0 amide bonds. The number of hydrogen-bond donors (Lipinski definition) is 1. The summed E-state index contributed by atoms with van der Waals surface area (Å²) in [5.74, 6) is 0. The summed E-state index contributed by atoms with van der Waals surface area (Å²) >= 11 is 0. The van der Waals surface area contributed by atoms with Gasteiger partial charge in [0, 0.05) is 23.5 Å². The molecule has 0 bridgehead atoms. The molecule has 1 aromatic carbocycles. The van der Waals surface area contributed by atoms with Crippen molar-refractivity contribution in [3.63, 3.8) is 0 Å². The average molecular weight is 247 g/mol. The minimum atomic E-state index is 0.708. The predicted octanol–water partition coefficient (Wildman–Crippen LogP) is 3.39. The molecule has 19 heavy (non-hydrogen) atoms. The maximum atomic E-state index is 6.27. The summed E-state index contributed by atoms with van der Waals surface area (Å²) in [6, 6.07) is 17.5. The Balaban J connectivity index is 2.15. The fraction of sp³-hybridized carbons (Fsp3) is 0. The van der Waals surface area contributed by atoms with E-state index in [-0.39, 0.29) is 0 Å². The number of nitrogen functional groups attached to an aromatic ring is 1. The largest absolute Gasteiger partial charge is 0.398 e. The number of nitrogens with two attached hydrogens (primary N) is 1. The van der Waals surface area contributed by atoms with Gasteiger partial charge in [-0.15, -0.1) is 0 Å². The van der Waals surface area contributed by atoms with Crippen molar-refractivity contribution in [2.75, 3.05) is 5.73 Å². The van der Waals surface area contributed by atoms with Crippen LogP contribution in [-0.4, -0.2) is 9.97 Å². The third-order valence-corrected chi connectivity index (χ3v) is 2.99. The smallest absolute Gasteiger partial charge is 0.0722 e. The summed E-state index contributed by atoms with van der Waals surface area (Å²) in [5, 5.41) is 0. The highest BCUT2D eigenvalue weighted by Crippen LogP contribution is 2.32. The molecule has 0 saturated carbocycles. The van der Waals surface area contributed by atoms with Gasteiger partial charge in [-0.05, 0) is 24.3 Å². The second kappa shape index (κ2) is 4.90. The highest BCUT2D eigenvalue weighted by molar-refractivity contribution is 5.86. The van der Waals surface area contributed by atoms with E-state index < -0.39 is 0 Å². The van der Waals surface area contributed by atoms with E-state index in [4.69, 9.17) is 5.73 Å². The lowest BCUT2D eigenvalue weighted by Gasteiger charge is -2.10. The Kier molecular flexibility index (Phi) is 2.94. The van der Waals surface area contributed by atoms with E-state index in [1.54, 1.807) is 12.4 Å². The molecule has 0 atom stereocenters. The number of aromatic nitrogens is 2. The van der Waals surface area contributed by atoms with Crippen molar-refractivity contribution in [2.45, 2.75) is 0 Å². The Morgan fingerprint density at radius 2 is 1.16 bits per heavy atom. The molecule has 0 spiro atoms. The molecule has 2 heterocycles. The van der Waals surface area contributed by atoms with Crippen molar-refractivity contribution in [1.29, 1.82) is 0 Å². The van der Waals surface area contributed by atoms with E-state index in [9.17, 15) is 0 Å². The van der Waals surface area contributed by atoms with Crippen LogP contribution in [0.1, 0.15) is 0 Å². The molecule has 0 aliphatic carbocycles. The average Bonchev–Trinajstić information content (AvgIpc) is 2.49. The first-order valence-corrected chi connectivity index (χ1v) is 6.07. The van der Waals surface area contributed by atoms with Gasteiger partial charge in [0.25, 0.3) is 0 Å². The summed E-state index contributed by atoms with van der Waals surface area (Å²) in [7, 11) is 0. The van der Waals surface area contributed by atoms with Crippen LogP contribution in [0.4, 0.5) is 5.69 Å². The zero-order chi connectivity index (χ0) is 13.1. The minimum Gasteiger partial charge on any atom is -0.398 e. The molecule has 2 N–H and O–H groups in total. The maximum Gasteiger partial charge on any atom is 0.0722 e. The number of pyridine rings is 2. The van der Waals surface area contributed by atoms with E-state index >= 15 is 0 Å². The molecule has 0 unspecified atom stereocenters. The lowest BCUT2D eigenvalue weighted by atomic mass is 10.0. The number of benzene rings is 1. The molecule has 0 aliphatic rings. The first kappa shape index (κ1) is 11.4. The highest BCUT2D eigenvalue weighted by atomic mass is 14.7. The van der Waals surface area contributed by atoms with E-state index in [1.165, 1.54) is 0 Å². The van der Waals surface area contributed by atoms with Crippen molar-refractivity contribution in [1.82, 2.24) is 9.97 Å². The van der Waals surface area contributed by atoms with Gasteiger partial charge < -0.3 is 5.73 Å². The molecular weight excluding hydrogens is 234 g/mol. The molecule has 0 saturated heterocycles. The third kappa shape index (κ3) is 2.18. The molecule has 3 heteroatoms. The number of hydrogen-bond acceptors (Lipinski definition) is 3. The number of para-hydroxylation sites is 1. The van der Waals surface area contributed by atoms with E-state index in [2.05, 4.69) is 9.97 Å². The first-order valence-electron chi connectivity index (χ1n) is 6.07. The summed E-state index contributed by atoms with van der Waals surface area (Å²) in [5.41, 5.74) is 10.6. The number of nitrogens with zero attached hydrogens (tertiary/aromatic N) is 2. The molecule has 92 valence electrons. The third-order valence-electron chi connectivity index (χ3n) is 2.99. The van der Waals surface area contributed by atoms with E-state index in [0.29, 0.717) is 5.69 Å². The number of anilines is 1. The predicted molar refractivity (Wildman–Crippen MR) is 77.3 cm³/mol. The van der Waals surface area contributed by atoms with Crippen LogP contribution in [0.3, 0.4) is 0 Å². The van der Waals surface area contributed by atoms with Gasteiger partial charge in [0.2, 0.25) is 0 Å². The Bertz CT molecular complexity index is 621. The fourth-order valence-electron chi connectivity index (χ4n) is 2.06. The molecule has 2 aromatic heterocycles. The van der Waals surface area contributed by atoms with Crippen LogP contribution >= 0.6 is 0 Å². The molecule has 3 aromatic rings. The van der Waals surface area contributed by atoms with Gasteiger partial charge >= 0.3 is 0 Å². The Labute approximate surface area is 111 Å². The van der Waals surface area contributed by atoms with Gasteiger partial charge in [-0.3, -0.25) is 9.97 Å². The topological polar surface area (TPSA) is 51.8 Å². The van der Waals surface area contributed by atoms with Gasteiger partial charge in [-0.1, -0.05) is 30.3 Å². The lowest BCUT2D eigenvalue weighted by molar-refractivity contribution is 1.31. The summed E-state index contributed by atoms with van der Waals surface area (Å²) in [4.78, 5) is 8.69. The van der Waals surface area contributed by atoms with Crippen molar-refractivity contribution in [3.8, 4) is 22.5 Å². The van der Waals surface area contributed by atoms with Crippen LogP contribution < -0.4 is 5.73 Å². The molecule has 3 rings (SSSR count). The molecular formula is C16H13N3. The van der Waals surface area contributed by atoms with Crippen LogP contribution in [0.2, 0.25) is 0 Å². The molecule has 0 fully saturated rings. The van der Waals surface area contributed by atoms with Crippen molar-refractivity contribution in [3.05, 3.63) is 67.0 Å². The SMILES string of the molecule is Nc1c(-c2ccccn2)cccc1-c1ccccn1. The number of rotatable bonds is 2. The first-order chi connectivity index (χ1) is 9.36. The summed E-state index contributed by atoms with van der Waals surface area (Å²) in [6.07, 6.45) is 3.53. The van der Waals surface area contributed by atoms with Gasteiger partial charge in [0.1, 0.15) is 0 Å². The second-order valence-electron chi connectivity index (χ2n) is 4.20. The zero-order valence-corrected chi connectivity index (χ0v) is 10.3. The van der Waals surface area contributed by atoms with Gasteiger partial charge in [0.15, 0.2) is 0 Å². The molecule has 0 radical (unpaired) electrons. The Morgan fingerprint density at radius 3 is 1.58 bits per heavy atom. The summed E-state index contributed by atoms with van der Waals surface area (Å²) in [6.45, 7) is 0. The van der Waals surface area contributed by atoms with Crippen molar-refractivity contribution < 1.29 is 0 Å². The fourth-order valence-corrected chi connectivity index (χ4v) is 2.06. The molecule has 0 aliphatic heterocycles. The Hall–Kier alpha value is -2.68. The van der Waals surface area contributed by atoms with Gasteiger partial charge in [-0.2, -0.15) is 0 Å². The van der Waals surface area contributed by atoms with Crippen molar-refractivity contribution >= 4 is 5.69 Å². The molecule has 3 nitrogen and oxygen atoms in total. The van der Waals surface area contributed by atoms with Crippen LogP contribution in [0.5, 0.6) is 0 Å². The van der Waals surface area contributed by atoms with Crippen molar-refractivity contribution in [2.24, 2.45) is 0 Å². The lowest BCUT2D eigenvalue weighted by Crippen LogP contribution is -1.96. The van der Waals surface area contributed by atoms with Gasteiger partial charge in [-0.25, -0.2) is 0 Å². The Morgan fingerprint density at radius 1 is 0.632 bits per heavy atom. The monoisotopic (exact) mass is 247 g/mol.